The Morgan fingerprint density at radius 1 is 1.27 bits per heavy atom. The third kappa shape index (κ3) is 4.06. The average Bonchev–Trinajstić information content (AvgIpc) is 2.57. The van der Waals surface area contributed by atoms with Gasteiger partial charge in [-0.05, 0) is 26.0 Å². The fraction of sp³-hybridized carbons (Fsp3) is 0.562. The van der Waals surface area contributed by atoms with Gasteiger partial charge in [-0.2, -0.15) is 13.2 Å². The highest BCUT2D eigenvalue weighted by atomic mass is 19.4. The van der Waals surface area contributed by atoms with Crippen molar-refractivity contribution in [2.45, 2.75) is 38.1 Å². The van der Waals surface area contributed by atoms with E-state index in [0.717, 1.165) is 12.1 Å². The molecule has 7 nitrogen and oxygen atoms in total. The Labute approximate surface area is 148 Å². The molecule has 0 spiro atoms. The molecule has 1 saturated heterocycles. The fourth-order valence-corrected chi connectivity index (χ4v) is 3.05. The lowest BCUT2D eigenvalue weighted by Gasteiger charge is -2.45. The van der Waals surface area contributed by atoms with E-state index in [1.54, 1.807) is 18.7 Å². The van der Waals surface area contributed by atoms with Gasteiger partial charge in [0.2, 0.25) is 0 Å². The number of pyridine rings is 1. The molecule has 2 rings (SSSR count). The summed E-state index contributed by atoms with van der Waals surface area (Å²) in [4.78, 5) is 30.4. The van der Waals surface area contributed by atoms with Crippen LogP contribution in [0.15, 0.2) is 18.3 Å². The van der Waals surface area contributed by atoms with Gasteiger partial charge in [0.1, 0.15) is 0 Å². The molecule has 0 aliphatic carbocycles. The van der Waals surface area contributed by atoms with Gasteiger partial charge in [0.25, 0.3) is 0 Å². The summed E-state index contributed by atoms with van der Waals surface area (Å²) in [5.41, 5.74) is -0.797. The van der Waals surface area contributed by atoms with E-state index in [2.05, 4.69) is 4.98 Å². The largest absolute Gasteiger partial charge is 0.468 e. The van der Waals surface area contributed by atoms with Crippen LogP contribution in [0, 0.1) is 0 Å². The number of carboxylic acid groups (broad SMARTS) is 1. The van der Waals surface area contributed by atoms with Crippen LogP contribution in [0.25, 0.3) is 0 Å². The first-order valence-corrected chi connectivity index (χ1v) is 7.92. The lowest BCUT2D eigenvalue weighted by Crippen LogP contribution is -2.59. The van der Waals surface area contributed by atoms with Gasteiger partial charge in [0.15, 0.2) is 6.04 Å². The third-order valence-corrected chi connectivity index (χ3v) is 4.43. The molecule has 10 heteroatoms. The maximum atomic E-state index is 12.7. The molecule has 0 bridgehead atoms. The molecule has 2 heterocycles. The Bertz CT molecular complexity index is 666. The van der Waals surface area contributed by atoms with Gasteiger partial charge in [0, 0.05) is 31.4 Å². The van der Waals surface area contributed by atoms with Crippen molar-refractivity contribution in [2.24, 2.45) is 0 Å². The summed E-state index contributed by atoms with van der Waals surface area (Å²) >= 11 is 0. The number of carbonyl (C=O) groups is 2. The zero-order valence-corrected chi connectivity index (χ0v) is 14.5. The molecule has 3 atom stereocenters. The number of methoxy groups -OCH3 is 1. The maximum Gasteiger partial charge on any atom is 0.417 e. The van der Waals surface area contributed by atoms with Gasteiger partial charge in [0.05, 0.1) is 18.4 Å². The summed E-state index contributed by atoms with van der Waals surface area (Å²) in [6, 6.07) is 0.238. The van der Waals surface area contributed by atoms with Crippen molar-refractivity contribution in [2.75, 3.05) is 20.2 Å². The first-order chi connectivity index (χ1) is 12.1. The van der Waals surface area contributed by atoms with E-state index in [1.165, 1.54) is 12.0 Å². The van der Waals surface area contributed by atoms with Crippen LogP contribution in [0.1, 0.15) is 31.1 Å². The lowest BCUT2D eigenvalue weighted by atomic mass is 10.0. The Morgan fingerprint density at radius 2 is 1.92 bits per heavy atom. The molecule has 1 aliphatic rings. The number of aromatic nitrogens is 1. The van der Waals surface area contributed by atoms with E-state index in [-0.39, 0.29) is 24.8 Å². The second-order valence-electron chi connectivity index (χ2n) is 6.22. The second kappa shape index (κ2) is 7.48. The highest BCUT2D eigenvalue weighted by molar-refractivity contribution is 5.77. The molecule has 1 N–H and O–H groups in total. The summed E-state index contributed by atoms with van der Waals surface area (Å²) in [5, 5.41) is 9.23. The van der Waals surface area contributed by atoms with Crippen molar-refractivity contribution in [3.63, 3.8) is 0 Å². The monoisotopic (exact) mass is 375 g/mol. The minimum absolute atomic E-state index is 0.118. The van der Waals surface area contributed by atoms with Crippen molar-refractivity contribution < 1.29 is 32.6 Å². The van der Waals surface area contributed by atoms with Crippen LogP contribution in [-0.2, 0) is 15.7 Å². The molecule has 0 saturated carbocycles. The predicted octanol–water partition coefficient (Wildman–Crippen LogP) is 2.39. The number of hydrogen-bond donors (Lipinski definition) is 1. The molecule has 1 fully saturated rings. The number of rotatable bonds is 3. The number of hydrogen-bond acceptors (Lipinski definition) is 5. The number of amides is 1. The molecule has 1 aromatic rings. The van der Waals surface area contributed by atoms with Crippen molar-refractivity contribution in [3.05, 3.63) is 29.6 Å². The van der Waals surface area contributed by atoms with Gasteiger partial charge >= 0.3 is 18.2 Å². The Balaban J connectivity index is 2.33. The predicted molar refractivity (Wildman–Crippen MR) is 84.4 cm³/mol. The van der Waals surface area contributed by atoms with Gasteiger partial charge in [-0.15, -0.1) is 0 Å². The summed E-state index contributed by atoms with van der Waals surface area (Å²) < 4.78 is 43.0. The number of alkyl halides is 3. The van der Waals surface area contributed by atoms with Crippen LogP contribution >= 0.6 is 0 Å². The molecular weight excluding hydrogens is 355 g/mol. The summed E-state index contributed by atoms with van der Waals surface area (Å²) in [6.07, 6.45) is -4.92. The van der Waals surface area contributed by atoms with Crippen LogP contribution in [0.2, 0.25) is 0 Å². The maximum absolute atomic E-state index is 12.7. The zero-order valence-electron chi connectivity index (χ0n) is 14.5. The van der Waals surface area contributed by atoms with Crippen molar-refractivity contribution in [1.82, 2.24) is 14.8 Å². The lowest BCUT2D eigenvalue weighted by molar-refractivity contribution is -0.150. The first-order valence-electron chi connectivity index (χ1n) is 7.92. The minimum Gasteiger partial charge on any atom is -0.468 e. The van der Waals surface area contributed by atoms with E-state index in [4.69, 9.17) is 4.74 Å². The number of piperazine rings is 1. The van der Waals surface area contributed by atoms with Crippen LogP contribution in [0.4, 0.5) is 18.0 Å². The molecule has 1 amide bonds. The Morgan fingerprint density at radius 3 is 2.38 bits per heavy atom. The fourth-order valence-electron chi connectivity index (χ4n) is 3.05. The van der Waals surface area contributed by atoms with Gasteiger partial charge < -0.3 is 14.7 Å². The van der Waals surface area contributed by atoms with Crippen LogP contribution in [-0.4, -0.2) is 64.2 Å². The van der Waals surface area contributed by atoms with Crippen molar-refractivity contribution in [1.29, 1.82) is 0 Å². The van der Waals surface area contributed by atoms with E-state index in [1.807, 2.05) is 0 Å². The minimum atomic E-state index is -4.53. The van der Waals surface area contributed by atoms with Gasteiger partial charge in [-0.3, -0.25) is 9.88 Å². The Hall–Kier alpha value is -2.36. The highest BCUT2D eigenvalue weighted by Gasteiger charge is 2.40. The summed E-state index contributed by atoms with van der Waals surface area (Å²) in [7, 11) is 1.18. The van der Waals surface area contributed by atoms with Crippen molar-refractivity contribution >= 4 is 12.1 Å². The van der Waals surface area contributed by atoms with Crippen molar-refractivity contribution in [3.8, 4) is 0 Å². The van der Waals surface area contributed by atoms with Crippen LogP contribution in [0.3, 0.4) is 0 Å². The molecular formula is C16H20F3N3O4. The number of nitrogens with zero attached hydrogens (tertiary/aromatic N) is 3. The molecule has 0 radical (unpaired) electrons. The standard InChI is InChI=1S/C16H20F3N3O4/c1-9-8-22(15(24)25)10(2)7-21(9)13(14(23)26-3)12-5-4-11(6-20-12)16(17,18)19/h4-6,9-10,13H,7-8H2,1-3H3,(H,24,25)/t9-,10+,13?/m1/s1. The SMILES string of the molecule is COC(=O)C(c1ccc(C(F)(F)F)cn1)N1C[C@H](C)N(C(=O)O)C[C@H]1C. The number of esters is 1. The molecule has 1 aliphatic heterocycles. The highest BCUT2D eigenvalue weighted by Crippen LogP contribution is 2.31. The van der Waals surface area contributed by atoms with E-state index < -0.39 is 35.9 Å². The summed E-state index contributed by atoms with van der Waals surface area (Å²) in [6.45, 7) is 3.81. The zero-order chi connectivity index (χ0) is 19.6. The number of carbonyl (C=O) groups excluding carboxylic acids is 1. The Kier molecular flexibility index (Phi) is 5.74. The quantitative estimate of drug-likeness (QED) is 0.817. The molecule has 26 heavy (non-hydrogen) atoms. The average molecular weight is 375 g/mol. The first kappa shape index (κ1) is 20.0. The van der Waals surface area contributed by atoms with E-state index in [0.29, 0.717) is 6.20 Å². The van der Waals surface area contributed by atoms with E-state index >= 15 is 0 Å². The smallest absolute Gasteiger partial charge is 0.417 e. The molecule has 1 unspecified atom stereocenters. The molecule has 1 aromatic heterocycles. The van der Waals surface area contributed by atoms with Crippen LogP contribution in [0.5, 0.6) is 0 Å². The third-order valence-electron chi connectivity index (χ3n) is 4.43. The number of halogens is 3. The number of ether oxygens (including phenoxy) is 1. The summed E-state index contributed by atoms with van der Waals surface area (Å²) in [5.74, 6) is -0.667. The molecule has 0 aromatic carbocycles. The van der Waals surface area contributed by atoms with E-state index in [9.17, 15) is 27.9 Å². The normalized spacial score (nSPS) is 22.8. The van der Waals surface area contributed by atoms with Crippen LogP contribution < -0.4 is 0 Å². The van der Waals surface area contributed by atoms with Gasteiger partial charge in [-0.1, -0.05) is 0 Å². The van der Waals surface area contributed by atoms with Gasteiger partial charge in [-0.25, -0.2) is 9.59 Å². The second-order valence-corrected chi connectivity index (χ2v) is 6.22. The molecule has 144 valence electrons. The topological polar surface area (TPSA) is 83.0 Å².